The largest absolute Gasteiger partial charge is 0.471 e. The van der Waals surface area contributed by atoms with E-state index in [1.807, 2.05) is 5.32 Å². The van der Waals surface area contributed by atoms with Gasteiger partial charge in [-0.15, -0.1) is 0 Å². The molecule has 0 saturated carbocycles. The van der Waals surface area contributed by atoms with Crippen LogP contribution in [0.3, 0.4) is 0 Å². The van der Waals surface area contributed by atoms with E-state index in [0.717, 1.165) is 6.92 Å². The molecule has 2 fully saturated rings. The number of rotatable bonds is 3. The molecule has 0 unspecified atom stereocenters. The average Bonchev–Trinajstić information content (AvgIpc) is 2.79. The third kappa shape index (κ3) is 3.68. The molecule has 0 aromatic heterocycles. The van der Waals surface area contributed by atoms with Crippen molar-refractivity contribution < 1.29 is 41.7 Å². The maximum Gasteiger partial charge on any atom is 0.471 e. The summed E-state index contributed by atoms with van der Waals surface area (Å²) in [7, 11) is 0. The van der Waals surface area contributed by atoms with Crippen LogP contribution < -0.4 is 5.32 Å². The van der Waals surface area contributed by atoms with Crippen molar-refractivity contribution >= 4 is 11.9 Å². The van der Waals surface area contributed by atoms with Crippen LogP contribution in [-0.2, 0) is 28.5 Å². The highest BCUT2D eigenvalue weighted by atomic mass is 19.4. The van der Waals surface area contributed by atoms with Gasteiger partial charge in [-0.1, -0.05) is 0 Å². The van der Waals surface area contributed by atoms with Gasteiger partial charge in [0.15, 0.2) is 12.1 Å². The molecule has 22 heavy (non-hydrogen) atoms. The predicted molar refractivity (Wildman–Crippen MR) is 63.3 cm³/mol. The number of fused-ring (bicyclic) bond motifs is 1. The number of hydrogen-bond acceptors (Lipinski definition) is 6. The summed E-state index contributed by atoms with van der Waals surface area (Å²) >= 11 is 0. The number of alkyl halides is 3. The van der Waals surface area contributed by atoms with Crippen LogP contribution in [0.25, 0.3) is 0 Å². The third-order valence-electron chi connectivity index (χ3n) is 3.16. The molecule has 0 aromatic rings. The number of amides is 1. The van der Waals surface area contributed by atoms with Crippen molar-refractivity contribution in [3.8, 4) is 0 Å². The molecule has 0 spiro atoms. The molecule has 4 atom stereocenters. The molecule has 2 aliphatic heterocycles. The number of ether oxygens (including phenoxy) is 4. The molecular weight excluding hydrogens is 311 g/mol. The molecule has 7 nitrogen and oxygen atoms in total. The maximum absolute atomic E-state index is 12.4. The summed E-state index contributed by atoms with van der Waals surface area (Å²) in [5.74, 6) is -3.80. The first-order valence-corrected chi connectivity index (χ1v) is 6.52. The van der Waals surface area contributed by atoms with Gasteiger partial charge < -0.3 is 24.3 Å². The molecule has 0 aromatic carbocycles. The highest BCUT2D eigenvalue weighted by molar-refractivity contribution is 5.82. The topological polar surface area (TPSA) is 83.1 Å². The second kappa shape index (κ2) is 5.67. The summed E-state index contributed by atoms with van der Waals surface area (Å²) in [6, 6.07) is -1.15. The molecule has 1 amide bonds. The van der Waals surface area contributed by atoms with Crippen molar-refractivity contribution in [1.82, 2.24) is 5.32 Å². The summed E-state index contributed by atoms with van der Waals surface area (Å²) in [4.78, 5) is 22.0. The Labute approximate surface area is 124 Å². The summed E-state index contributed by atoms with van der Waals surface area (Å²) in [6.45, 7) is 3.96. The Kier molecular flexibility index (Phi) is 4.37. The highest BCUT2D eigenvalue weighted by Crippen LogP contribution is 2.37. The Bertz CT molecular complexity index is 466. The van der Waals surface area contributed by atoms with E-state index in [0.29, 0.717) is 0 Å². The molecule has 0 bridgehead atoms. The number of carbonyl (C=O) groups is 2. The second-order valence-electron chi connectivity index (χ2n) is 5.44. The van der Waals surface area contributed by atoms with E-state index in [2.05, 4.69) is 0 Å². The van der Waals surface area contributed by atoms with Gasteiger partial charge in [0.2, 0.25) is 0 Å². The van der Waals surface area contributed by atoms with E-state index in [-0.39, 0.29) is 6.61 Å². The van der Waals surface area contributed by atoms with E-state index in [1.165, 1.54) is 0 Å². The van der Waals surface area contributed by atoms with Crippen molar-refractivity contribution in [2.75, 3.05) is 6.61 Å². The molecule has 0 radical (unpaired) electrons. The molecule has 0 aliphatic carbocycles. The van der Waals surface area contributed by atoms with Gasteiger partial charge in [0.05, 0.1) is 6.04 Å². The summed E-state index contributed by atoms with van der Waals surface area (Å²) in [5.41, 5.74) is 0. The predicted octanol–water partition coefficient (Wildman–Crippen LogP) is 0.473. The SMILES string of the molecule is CC(=O)OC[C@@H]1O[C@H]2OC(C)(C)O[C@@H]2[C@H]1NC(=O)C(F)(F)F. The van der Waals surface area contributed by atoms with Crippen LogP contribution in [-0.4, -0.2) is 55.0 Å². The normalized spacial score (nSPS) is 33.4. The minimum Gasteiger partial charge on any atom is -0.463 e. The quantitative estimate of drug-likeness (QED) is 0.759. The molecule has 126 valence electrons. The smallest absolute Gasteiger partial charge is 0.463 e. The van der Waals surface area contributed by atoms with Gasteiger partial charge >= 0.3 is 18.1 Å². The van der Waals surface area contributed by atoms with Crippen molar-refractivity contribution in [2.45, 2.75) is 57.3 Å². The Hall–Kier alpha value is -1.39. The lowest BCUT2D eigenvalue weighted by Gasteiger charge is -2.26. The molecular formula is C12H16F3NO6. The Morgan fingerprint density at radius 3 is 2.45 bits per heavy atom. The highest BCUT2D eigenvalue weighted by Gasteiger charge is 2.56. The molecule has 2 saturated heterocycles. The number of hydrogen-bond donors (Lipinski definition) is 1. The minimum atomic E-state index is -5.04. The molecule has 10 heteroatoms. The number of carbonyl (C=O) groups excluding carboxylic acids is 2. The van der Waals surface area contributed by atoms with Crippen molar-refractivity contribution in [3.05, 3.63) is 0 Å². The van der Waals surface area contributed by atoms with E-state index < -0.39 is 48.4 Å². The van der Waals surface area contributed by atoms with Crippen molar-refractivity contribution in [2.24, 2.45) is 0 Å². The summed E-state index contributed by atoms with van der Waals surface area (Å²) < 4.78 is 58.3. The number of esters is 1. The lowest BCUT2D eigenvalue weighted by atomic mass is 10.1. The molecule has 1 N–H and O–H groups in total. The van der Waals surface area contributed by atoms with Crippen LogP contribution in [0, 0.1) is 0 Å². The number of halogens is 3. The summed E-state index contributed by atoms with van der Waals surface area (Å²) in [6.07, 6.45) is -7.92. The first-order valence-electron chi connectivity index (χ1n) is 6.52. The van der Waals surface area contributed by atoms with E-state index >= 15 is 0 Å². The van der Waals surface area contributed by atoms with Crippen LogP contribution in [0.15, 0.2) is 0 Å². The van der Waals surface area contributed by atoms with Gasteiger partial charge in [0.1, 0.15) is 18.8 Å². The Morgan fingerprint density at radius 1 is 1.27 bits per heavy atom. The van der Waals surface area contributed by atoms with Crippen molar-refractivity contribution in [3.63, 3.8) is 0 Å². The van der Waals surface area contributed by atoms with Gasteiger partial charge in [-0.25, -0.2) is 0 Å². The first kappa shape index (κ1) is 17.0. The van der Waals surface area contributed by atoms with Crippen molar-refractivity contribution in [1.29, 1.82) is 0 Å². The third-order valence-corrected chi connectivity index (χ3v) is 3.16. The van der Waals surface area contributed by atoms with E-state index in [9.17, 15) is 22.8 Å². The second-order valence-corrected chi connectivity index (χ2v) is 5.44. The average molecular weight is 327 g/mol. The maximum atomic E-state index is 12.4. The van der Waals surface area contributed by atoms with Crippen LogP contribution in [0.2, 0.25) is 0 Å². The molecule has 2 rings (SSSR count). The lowest BCUT2D eigenvalue weighted by molar-refractivity contribution is -0.213. The summed E-state index contributed by atoms with van der Waals surface area (Å²) in [5, 5.41) is 1.82. The van der Waals surface area contributed by atoms with Crippen LogP contribution in [0.5, 0.6) is 0 Å². The fraction of sp³-hybridized carbons (Fsp3) is 0.833. The van der Waals surface area contributed by atoms with Crippen LogP contribution >= 0.6 is 0 Å². The van der Waals surface area contributed by atoms with Gasteiger partial charge in [-0.2, -0.15) is 13.2 Å². The van der Waals surface area contributed by atoms with Crippen LogP contribution in [0.4, 0.5) is 13.2 Å². The minimum absolute atomic E-state index is 0.321. The number of nitrogens with one attached hydrogen (secondary N) is 1. The van der Waals surface area contributed by atoms with Gasteiger partial charge in [0, 0.05) is 6.92 Å². The van der Waals surface area contributed by atoms with Gasteiger partial charge in [-0.3, -0.25) is 9.59 Å². The van der Waals surface area contributed by atoms with Gasteiger partial charge in [0.25, 0.3) is 0 Å². The first-order chi connectivity index (χ1) is 9.99. The Morgan fingerprint density at radius 2 is 1.91 bits per heavy atom. The molecule has 2 heterocycles. The molecule has 2 aliphatic rings. The monoisotopic (exact) mass is 327 g/mol. The zero-order chi connectivity index (χ0) is 16.7. The van der Waals surface area contributed by atoms with E-state index in [4.69, 9.17) is 18.9 Å². The van der Waals surface area contributed by atoms with Crippen LogP contribution in [0.1, 0.15) is 20.8 Å². The fourth-order valence-electron chi connectivity index (χ4n) is 2.32. The standard InChI is InChI=1S/C12H16F3NO6/c1-5(17)19-4-6-7(16-10(18)12(13,14)15)8-9(20-6)22-11(2,3)21-8/h6-9H,4H2,1-3H3,(H,16,18)/t6-,7-,8+,9-/m0/s1. The Balaban J connectivity index is 2.11. The van der Waals surface area contributed by atoms with E-state index in [1.54, 1.807) is 13.8 Å². The zero-order valence-corrected chi connectivity index (χ0v) is 12.1. The lowest BCUT2D eigenvalue weighted by Crippen LogP contribution is -2.53. The zero-order valence-electron chi connectivity index (χ0n) is 12.1. The van der Waals surface area contributed by atoms with Gasteiger partial charge in [-0.05, 0) is 13.8 Å². The fourth-order valence-corrected chi connectivity index (χ4v) is 2.32.